The SMILES string of the molecule is Cc1cc2nc(NC3CCCC3)c3ccccc3n2n1. The molecular formula is C16H18N4. The van der Waals surface area contributed by atoms with Crippen LogP contribution in [0.1, 0.15) is 31.4 Å². The fourth-order valence-electron chi connectivity index (χ4n) is 3.15. The molecule has 1 aromatic carbocycles. The van der Waals surface area contributed by atoms with E-state index in [9.17, 15) is 0 Å². The minimum atomic E-state index is 0.567. The summed E-state index contributed by atoms with van der Waals surface area (Å²) in [6.45, 7) is 2.01. The Morgan fingerprint density at radius 2 is 2.00 bits per heavy atom. The molecule has 0 saturated heterocycles. The number of nitrogens with zero attached hydrogens (tertiary/aromatic N) is 3. The molecule has 1 saturated carbocycles. The molecule has 1 aliphatic carbocycles. The molecule has 0 spiro atoms. The Bertz CT molecular complexity index is 769. The van der Waals surface area contributed by atoms with Crippen LogP contribution in [-0.4, -0.2) is 20.6 Å². The second kappa shape index (κ2) is 4.47. The smallest absolute Gasteiger partial charge is 0.158 e. The van der Waals surface area contributed by atoms with Gasteiger partial charge in [0.15, 0.2) is 5.65 Å². The van der Waals surface area contributed by atoms with Gasteiger partial charge in [-0.15, -0.1) is 0 Å². The molecule has 1 N–H and O–H groups in total. The minimum Gasteiger partial charge on any atom is -0.367 e. The van der Waals surface area contributed by atoms with E-state index in [1.807, 2.05) is 17.5 Å². The molecule has 0 atom stereocenters. The number of nitrogens with one attached hydrogen (secondary N) is 1. The van der Waals surface area contributed by atoms with E-state index in [1.165, 1.54) is 25.7 Å². The topological polar surface area (TPSA) is 42.2 Å². The van der Waals surface area contributed by atoms with Crippen LogP contribution in [0.3, 0.4) is 0 Å². The van der Waals surface area contributed by atoms with Gasteiger partial charge in [0.25, 0.3) is 0 Å². The van der Waals surface area contributed by atoms with Crippen LogP contribution in [-0.2, 0) is 0 Å². The van der Waals surface area contributed by atoms with Gasteiger partial charge in [0.1, 0.15) is 5.82 Å². The minimum absolute atomic E-state index is 0.567. The van der Waals surface area contributed by atoms with Gasteiger partial charge in [0.2, 0.25) is 0 Å². The van der Waals surface area contributed by atoms with Crippen molar-refractivity contribution in [1.29, 1.82) is 0 Å². The standard InChI is InChI=1S/C16H18N4/c1-11-10-15-18-16(17-12-6-2-3-7-12)13-8-4-5-9-14(13)20(15)19-11/h4-5,8-10,12H,2-3,6-7H2,1H3,(H,17,18). The number of hydrogen-bond donors (Lipinski definition) is 1. The van der Waals surface area contributed by atoms with Crippen molar-refractivity contribution in [2.24, 2.45) is 0 Å². The van der Waals surface area contributed by atoms with Crippen molar-refractivity contribution in [3.8, 4) is 0 Å². The number of para-hydroxylation sites is 1. The lowest BCUT2D eigenvalue weighted by molar-refractivity contribution is 0.752. The highest BCUT2D eigenvalue weighted by Gasteiger charge is 2.17. The molecule has 4 nitrogen and oxygen atoms in total. The molecule has 1 fully saturated rings. The first-order valence-corrected chi connectivity index (χ1v) is 7.33. The first-order valence-electron chi connectivity index (χ1n) is 7.33. The highest BCUT2D eigenvalue weighted by molar-refractivity contribution is 5.91. The van der Waals surface area contributed by atoms with Crippen LogP contribution in [0.5, 0.6) is 0 Å². The van der Waals surface area contributed by atoms with Gasteiger partial charge < -0.3 is 5.32 Å². The van der Waals surface area contributed by atoms with E-state index >= 15 is 0 Å². The molecule has 1 aliphatic rings. The van der Waals surface area contributed by atoms with Crippen molar-refractivity contribution in [1.82, 2.24) is 14.6 Å². The normalized spacial score (nSPS) is 16.2. The Hall–Kier alpha value is -2.10. The Balaban J connectivity index is 1.92. The molecule has 4 rings (SSSR count). The largest absolute Gasteiger partial charge is 0.367 e. The molecule has 20 heavy (non-hydrogen) atoms. The van der Waals surface area contributed by atoms with Crippen molar-refractivity contribution in [2.75, 3.05) is 5.32 Å². The highest BCUT2D eigenvalue weighted by Crippen LogP contribution is 2.27. The first-order chi connectivity index (χ1) is 9.81. The molecule has 2 heterocycles. The van der Waals surface area contributed by atoms with E-state index < -0.39 is 0 Å². The van der Waals surface area contributed by atoms with E-state index in [0.29, 0.717) is 6.04 Å². The third-order valence-corrected chi connectivity index (χ3v) is 4.12. The second-order valence-corrected chi connectivity index (χ2v) is 5.66. The van der Waals surface area contributed by atoms with E-state index in [4.69, 9.17) is 4.98 Å². The first kappa shape index (κ1) is 11.7. The van der Waals surface area contributed by atoms with Gasteiger partial charge >= 0.3 is 0 Å². The summed E-state index contributed by atoms with van der Waals surface area (Å²) in [6.07, 6.45) is 5.15. The van der Waals surface area contributed by atoms with E-state index in [-0.39, 0.29) is 0 Å². The molecule has 102 valence electrons. The van der Waals surface area contributed by atoms with Gasteiger partial charge in [0, 0.05) is 17.5 Å². The van der Waals surface area contributed by atoms with Gasteiger partial charge in [-0.2, -0.15) is 5.10 Å². The van der Waals surface area contributed by atoms with Crippen molar-refractivity contribution >= 4 is 22.4 Å². The lowest BCUT2D eigenvalue weighted by atomic mass is 10.2. The zero-order valence-corrected chi connectivity index (χ0v) is 11.6. The van der Waals surface area contributed by atoms with Crippen LogP contribution in [0.25, 0.3) is 16.6 Å². The lowest BCUT2D eigenvalue weighted by Gasteiger charge is -2.15. The molecule has 4 heteroatoms. The molecule has 0 radical (unpaired) electrons. The van der Waals surface area contributed by atoms with E-state index in [2.05, 4.69) is 34.7 Å². The average Bonchev–Trinajstić information content (AvgIpc) is 3.08. The third kappa shape index (κ3) is 1.83. The van der Waals surface area contributed by atoms with Crippen molar-refractivity contribution < 1.29 is 0 Å². The summed E-state index contributed by atoms with van der Waals surface area (Å²) in [6, 6.07) is 10.9. The van der Waals surface area contributed by atoms with Gasteiger partial charge in [-0.3, -0.25) is 0 Å². The summed E-state index contributed by atoms with van der Waals surface area (Å²) in [4.78, 5) is 4.78. The second-order valence-electron chi connectivity index (χ2n) is 5.66. The van der Waals surface area contributed by atoms with Crippen LogP contribution in [0.15, 0.2) is 30.3 Å². The fourth-order valence-corrected chi connectivity index (χ4v) is 3.15. The maximum absolute atomic E-state index is 4.78. The van der Waals surface area contributed by atoms with E-state index in [0.717, 1.165) is 28.1 Å². The number of aryl methyl sites for hydroxylation is 1. The van der Waals surface area contributed by atoms with Crippen LogP contribution in [0.4, 0.5) is 5.82 Å². The fraction of sp³-hybridized carbons (Fsp3) is 0.375. The van der Waals surface area contributed by atoms with E-state index in [1.54, 1.807) is 0 Å². The summed E-state index contributed by atoms with van der Waals surface area (Å²) in [7, 11) is 0. The molecular weight excluding hydrogens is 248 g/mol. The predicted molar refractivity (Wildman–Crippen MR) is 81.1 cm³/mol. The van der Waals surface area contributed by atoms with Crippen molar-refractivity contribution in [3.05, 3.63) is 36.0 Å². The number of aromatic nitrogens is 3. The maximum Gasteiger partial charge on any atom is 0.158 e. The predicted octanol–water partition coefficient (Wildman–Crippen LogP) is 3.55. The lowest BCUT2D eigenvalue weighted by Crippen LogP contribution is -2.16. The van der Waals surface area contributed by atoms with Crippen LogP contribution < -0.4 is 5.32 Å². The van der Waals surface area contributed by atoms with Gasteiger partial charge in [0.05, 0.1) is 11.2 Å². The van der Waals surface area contributed by atoms with Gasteiger partial charge in [-0.05, 0) is 31.9 Å². The van der Waals surface area contributed by atoms with Crippen molar-refractivity contribution in [3.63, 3.8) is 0 Å². The summed E-state index contributed by atoms with van der Waals surface area (Å²) in [5, 5.41) is 9.32. The zero-order valence-electron chi connectivity index (χ0n) is 11.6. The zero-order chi connectivity index (χ0) is 13.5. The van der Waals surface area contributed by atoms with Crippen molar-refractivity contribution in [2.45, 2.75) is 38.6 Å². The monoisotopic (exact) mass is 266 g/mol. The quantitative estimate of drug-likeness (QED) is 0.771. The Morgan fingerprint density at radius 1 is 1.20 bits per heavy atom. The molecule has 0 amide bonds. The molecule has 0 unspecified atom stereocenters. The maximum atomic E-state index is 4.78. The molecule has 0 aliphatic heterocycles. The molecule has 3 aromatic rings. The van der Waals surface area contributed by atoms with Gasteiger partial charge in [-0.1, -0.05) is 25.0 Å². The Morgan fingerprint density at radius 3 is 2.85 bits per heavy atom. The average molecular weight is 266 g/mol. The number of hydrogen-bond acceptors (Lipinski definition) is 3. The summed E-state index contributed by atoms with van der Waals surface area (Å²) in [5.41, 5.74) is 3.04. The summed E-state index contributed by atoms with van der Waals surface area (Å²) >= 11 is 0. The van der Waals surface area contributed by atoms with Crippen LogP contribution >= 0.6 is 0 Å². The third-order valence-electron chi connectivity index (χ3n) is 4.12. The number of rotatable bonds is 2. The van der Waals surface area contributed by atoms with Gasteiger partial charge in [-0.25, -0.2) is 9.50 Å². The molecule has 2 aromatic heterocycles. The van der Waals surface area contributed by atoms with Crippen LogP contribution in [0.2, 0.25) is 0 Å². The highest BCUT2D eigenvalue weighted by atomic mass is 15.3. The number of benzene rings is 1. The van der Waals surface area contributed by atoms with Crippen LogP contribution in [0, 0.1) is 6.92 Å². The number of fused-ring (bicyclic) bond motifs is 3. The molecule has 0 bridgehead atoms. The Kier molecular flexibility index (Phi) is 2.62. The summed E-state index contributed by atoms with van der Waals surface area (Å²) in [5.74, 6) is 1.000. The Labute approximate surface area is 117 Å². The summed E-state index contributed by atoms with van der Waals surface area (Å²) < 4.78 is 1.94. The number of anilines is 1.